The van der Waals surface area contributed by atoms with Crippen LogP contribution >= 0.6 is 15.9 Å². The Morgan fingerprint density at radius 2 is 2.29 bits per heavy atom. The van der Waals surface area contributed by atoms with Gasteiger partial charge >= 0.3 is 0 Å². The van der Waals surface area contributed by atoms with E-state index in [0.29, 0.717) is 6.42 Å². The minimum atomic E-state index is 0.0334. The van der Waals surface area contributed by atoms with Gasteiger partial charge in [-0.15, -0.1) is 12.3 Å². The molecule has 0 unspecified atom stereocenters. The lowest BCUT2D eigenvalue weighted by Crippen LogP contribution is -2.03. The summed E-state index contributed by atoms with van der Waals surface area (Å²) in [5, 5.41) is 12.2. The summed E-state index contributed by atoms with van der Waals surface area (Å²) in [6.07, 6.45) is 5.82. The third-order valence-corrected chi connectivity index (χ3v) is 2.32. The van der Waals surface area contributed by atoms with Crippen LogP contribution in [0.4, 0.5) is 5.69 Å². The molecule has 0 saturated carbocycles. The van der Waals surface area contributed by atoms with Gasteiger partial charge in [-0.2, -0.15) is 0 Å². The third-order valence-electron chi connectivity index (χ3n) is 1.83. The molecule has 0 fully saturated rings. The van der Waals surface area contributed by atoms with Gasteiger partial charge in [0.1, 0.15) is 0 Å². The molecule has 1 aromatic carbocycles. The van der Waals surface area contributed by atoms with E-state index in [4.69, 9.17) is 11.5 Å². The second-order valence-corrected chi connectivity index (χ2v) is 3.76. The summed E-state index contributed by atoms with van der Waals surface area (Å²) in [6.45, 7) is 0.756. The number of aliphatic hydroxyl groups excluding tert-OH is 1. The van der Waals surface area contributed by atoms with Crippen LogP contribution in [0.2, 0.25) is 0 Å². The van der Waals surface area contributed by atoms with Gasteiger partial charge in [0.25, 0.3) is 0 Å². The van der Waals surface area contributed by atoms with E-state index in [1.54, 1.807) is 0 Å². The Hall–Kier alpha value is -0.980. The molecule has 14 heavy (non-hydrogen) atoms. The van der Waals surface area contributed by atoms with E-state index in [1.807, 2.05) is 18.2 Å². The molecule has 0 aliphatic heterocycles. The Bertz CT molecular complexity index is 344. The zero-order valence-electron chi connectivity index (χ0n) is 7.76. The second-order valence-electron chi connectivity index (χ2n) is 2.84. The Morgan fingerprint density at radius 1 is 1.50 bits per heavy atom. The quantitative estimate of drug-likeness (QED) is 0.638. The highest BCUT2D eigenvalue weighted by molar-refractivity contribution is 9.10. The molecule has 0 aliphatic carbocycles. The molecule has 0 aromatic heterocycles. The van der Waals surface area contributed by atoms with Crippen molar-refractivity contribution in [3.05, 3.63) is 28.2 Å². The lowest BCUT2D eigenvalue weighted by molar-refractivity contribution is 0.282. The standard InChI is InChI=1S/C11H12BrNO/c1-2-3-6-13-11-7-10(12)5-4-9(11)8-14/h1,4-5,7,13-14H,3,6,8H2. The molecule has 2 nitrogen and oxygen atoms in total. The van der Waals surface area contributed by atoms with E-state index in [0.717, 1.165) is 22.3 Å². The van der Waals surface area contributed by atoms with E-state index in [2.05, 4.69) is 27.2 Å². The predicted molar refractivity (Wildman–Crippen MR) is 62.0 cm³/mol. The lowest BCUT2D eigenvalue weighted by atomic mass is 10.2. The fraction of sp³-hybridized carbons (Fsp3) is 0.273. The predicted octanol–water partition coefficient (Wildman–Crippen LogP) is 2.38. The summed E-state index contributed by atoms with van der Waals surface area (Å²) in [5.74, 6) is 2.55. The van der Waals surface area contributed by atoms with Gasteiger partial charge in [-0.05, 0) is 12.1 Å². The summed E-state index contributed by atoms with van der Waals surface area (Å²) in [7, 11) is 0. The number of rotatable bonds is 4. The molecule has 0 amide bonds. The van der Waals surface area contributed by atoms with Crippen molar-refractivity contribution in [3.63, 3.8) is 0 Å². The van der Waals surface area contributed by atoms with Crippen LogP contribution in [0.3, 0.4) is 0 Å². The molecule has 0 spiro atoms. The Morgan fingerprint density at radius 3 is 2.93 bits per heavy atom. The molecule has 1 rings (SSSR count). The fourth-order valence-electron chi connectivity index (χ4n) is 1.12. The minimum absolute atomic E-state index is 0.0334. The second kappa shape index (κ2) is 5.69. The van der Waals surface area contributed by atoms with Crippen molar-refractivity contribution >= 4 is 21.6 Å². The molecule has 0 saturated heterocycles. The van der Waals surface area contributed by atoms with Crippen molar-refractivity contribution < 1.29 is 5.11 Å². The average Bonchev–Trinajstić information content (AvgIpc) is 2.19. The van der Waals surface area contributed by atoms with Crippen LogP contribution in [-0.2, 0) is 6.61 Å². The SMILES string of the molecule is C#CCCNc1cc(Br)ccc1CO. The first-order valence-corrected chi connectivity index (χ1v) is 5.14. The maximum absolute atomic E-state index is 9.07. The number of benzene rings is 1. The van der Waals surface area contributed by atoms with Crippen molar-refractivity contribution in [1.82, 2.24) is 0 Å². The number of halogens is 1. The number of hydrogen-bond acceptors (Lipinski definition) is 2. The highest BCUT2D eigenvalue weighted by Crippen LogP contribution is 2.21. The average molecular weight is 254 g/mol. The molecule has 0 atom stereocenters. The van der Waals surface area contributed by atoms with Crippen LogP contribution in [0.25, 0.3) is 0 Å². The van der Waals surface area contributed by atoms with Gasteiger partial charge < -0.3 is 10.4 Å². The topological polar surface area (TPSA) is 32.3 Å². The van der Waals surface area contributed by atoms with Gasteiger partial charge in [0.05, 0.1) is 6.61 Å². The zero-order chi connectivity index (χ0) is 10.4. The molecule has 0 aliphatic rings. The van der Waals surface area contributed by atoms with Crippen molar-refractivity contribution in [2.45, 2.75) is 13.0 Å². The largest absolute Gasteiger partial charge is 0.392 e. The highest BCUT2D eigenvalue weighted by Gasteiger charge is 2.00. The normalized spacial score (nSPS) is 9.50. The third kappa shape index (κ3) is 3.06. The van der Waals surface area contributed by atoms with Crippen molar-refractivity contribution in [2.75, 3.05) is 11.9 Å². The van der Waals surface area contributed by atoms with Crippen molar-refractivity contribution in [1.29, 1.82) is 0 Å². The van der Waals surface area contributed by atoms with Crippen LogP contribution in [-0.4, -0.2) is 11.7 Å². The van der Waals surface area contributed by atoms with Gasteiger partial charge in [-0.3, -0.25) is 0 Å². The Balaban J connectivity index is 2.73. The van der Waals surface area contributed by atoms with E-state index >= 15 is 0 Å². The molecule has 1 aromatic rings. The van der Waals surface area contributed by atoms with Crippen LogP contribution in [0.15, 0.2) is 22.7 Å². The molecule has 3 heteroatoms. The molecule has 2 N–H and O–H groups in total. The van der Waals surface area contributed by atoms with E-state index in [1.165, 1.54) is 0 Å². The van der Waals surface area contributed by atoms with Gasteiger partial charge in [0, 0.05) is 28.7 Å². The molecule has 74 valence electrons. The van der Waals surface area contributed by atoms with E-state index < -0.39 is 0 Å². The van der Waals surface area contributed by atoms with Crippen LogP contribution in [0, 0.1) is 12.3 Å². The first-order valence-electron chi connectivity index (χ1n) is 4.34. The fourth-order valence-corrected chi connectivity index (χ4v) is 1.48. The summed E-state index contributed by atoms with van der Waals surface area (Å²) in [6, 6.07) is 5.71. The molecule has 0 radical (unpaired) electrons. The van der Waals surface area contributed by atoms with Crippen LogP contribution in [0.5, 0.6) is 0 Å². The smallest absolute Gasteiger partial charge is 0.0701 e. The molecular weight excluding hydrogens is 242 g/mol. The van der Waals surface area contributed by atoms with Crippen LogP contribution < -0.4 is 5.32 Å². The molecule has 0 heterocycles. The summed E-state index contributed by atoms with van der Waals surface area (Å²) in [5.41, 5.74) is 1.81. The van der Waals surface area contributed by atoms with Gasteiger partial charge in [0.15, 0.2) is 0 Å². The van der Waals surface area contributed by atoms with E-state index in [9.17, 15) is 0 Å². The summed E-state index contributed by atoms with van der Waals surface area (Å²) >= 11 is 3.37. The molecular formula is C11H12BrNO. The summed E-state index contributed by atoms with van der Waals surface area (Å²) < 4.78 is 0.984. The maximum Gasteiger partial charge on any atom is 0.0701 e. The minimum Gasteiger partial charge on any atom is -0.392 e. The first kappa shape index (κ1) is 11.1. The van der Waals surface area contributed by atoms with Crippen molar-refractivity contribution in [3.8, 4) is 12.3 Å². The first-order chi connectivity index (χ1) is 6.77. The van der Waals surface area contributed by atoms with Gasteiger partial charge in [-0.1, -0.05) is 22.0 Å². The number of terminal acetylenes is 1. The summed E-state index contributed by atoms with van der Waals surface area (Å²) in [4.78, 5) is 0. The highest BCUT2D eigenvalue weighted by atomic mass is 79.9. The van der Waals surface area contributed by atoms with E-state index in [-0.39, 0.29) is 6.61 Å². The number of aliphatic hydroxyl groups is 1. The number of anilines is 1. The van der Waals surface area contributed by atoms with Gasteiger partial charge in [0.2, 0.25) is 0 Å². The Kier molecular flexibility index (Phi) is 4.51. The number of nitrogens with one attached hydrogen (secondary N) is 1. The monoisotopic (exact) mass is 253 g/mol. The maximum atomic E-state index is 9.07. The Labute approximate surface area is 92.5 Å². The van der Waals surface area contributed by atoms with Gasteiger partial charge in [-0.25, -0.2) is 0 Å². The van der Waals surface area contributed by atoms with Crippen molar-refractivity contribution in [2.24, 2.45) is 0 Å². The molecule has 0 bridgehead atoms. The lowest BCUT2D eigenvalue weighted by Gasteiger charge is -2.09. The van der Waals surface area contributed by atoms with Crippen LogP contribution in [0.1, 0.15) is 12.0 Å². The zero-order valence-corrected chi connectivity index (χ0v) is 9.34. The number of hydrogen-bond donors (Lipinski definition) is 2.